The second-order valence-electron chi connectivity index (χ2n) is 1.50. The van der Waals surface area contributed by atoms with Crippen LogP contribution in [0, 0.1) is 0 Å². The Morgan fingerprint density at radius 3 is 1.14 bits per heavy atom. The number of rotatable bonds is 0. The molecule has 2 nitrogen and oxygen atoms in total. The van der Waals surface area contributed by atoms with Gasteiger partial charge in [-0.05, 0) is 0 Å². The molecule has 0 bridgehead atoms. The molecular formula is C4H10N2Na+. The summed E-state index contributed by atoms with van der Waals surface area (Å²) in [6.45, 7) is 4.56. The van der Waals surface area contributed by atoms with Crippen molar-refractivity contribution in [1.29, 1.82) is 0 Å². The van der Waals surface area contributed by atoms with Crippen LogP contribution in [0.2, 0.25) is 0 Å². The van der Waals surface area contributed by atoms with Gasteiger partial charge in [-0.25, -0.2) is 0 Å². The van der Waals surface area contributed by atoms with Gasteiger partial charge in [0.2, 0.25) is 0 Å². The van der Waals surface area contributed by atoms with Gasteiger partial charge in [-0.2, -0.15) is 0 Å². The maximum Gasteiger partial charge on any atom is 1.00 e. The van der Waals surface area contributed by atoms with E-state index in [0.29, 0.717) is 0 Å². The molecule has 0 aromatic carbocycles. The zero-order chi connectivity index (χ0) is 4.24. The third-order valence-corrected chi connectivity index (χ3v) is 0.957. The van der Waals surface area contributed by atoms with Crippen molar-refractivity contribution < 1.29 is 29.6 Å². The van der Waals surface area contributed by atoms with Gasteiger partial charge in [0.15, 0.2) is 0 Å². The van der Waals surface area contributed by atoms with Crippen molar-refractivity contribution in [1.82, 2.24) is 10.6 Å². The Hall–Kier alpha value is 0.920. The molecule has 0 unspecified atom stereocenters. The summed E-state index contributed by atoms with van der Waals surface area (Å²) >= 11 is 0. The van der Waals surface area contributed by atoms with Crippen LogP contribution in [0.1, 0.15) is 0 Å². The third kappa shape index (κ3) is 3.50. The zero-order valence-corrected chi connectivity index (χ0v) is 6.83. The van der Waals surface area contributed by atoms with Crippen molar-refractivity contribution in [2.75, 3.05) is 26.2 Å². The molecule has 2 N–H and O–H groups in total. The Balaban J connectivity index is 0.000000360. The van der Waals surface area contributed by atoms with E-state index in [2.05, 4.69) is 10.6 Å². The minimum Gasteiger partial charge on any atom is -0.314 e. The summed E-state index contributed by atoms with van der Waals surface area (Å²) in [5.74, 6) is 0. The first-order chi connectivity index (χ1) is 3.00. The molecule has 0 radical (unpaired) electrons. The fourth-order valence-electron chi connectivity index (χ4n) is 0.604. The largest absolute Gasteiger partial charge is 1.00 e. The van der Waals surface area contributed by atoms with Crippen LogP contribution in [0.4, 0.5) is 0 Å². The molecule has 7 heavy (non-hydrogen) atoms. The van der Waals surface area contributed by atoms with Crippen molar-refractivity contribution in [3.05, 3.63) is 0 Å². The van der Waals surface area contributed by atoms with Crippen LogP contribution in [0.5, 0.6) is 0 Å². The second kappa shape index (κ2) is 5.06. The number of hydrogen-bond donors (Lipinski definition) is 2. The van der Waals surface area contributed by atoms with Crippen LogP contribution in [0.3, 0.4) is 0 Å². The minimum atomic E-state index is 0. The van der Waals surface area contributed by atoms with Gasteiger partial charge in [0.05, 0.1) is 0 Å². The average molecular weight is 109 g/mol. The average Bonchev–Trinajstić information content (AvgIpc) is 1.72. The molecule has 1 aliphatic rings. The Morgan fingerprint density at radius 2 is 1.00 bits per heavy atom. The molecule has 1 aliphatic heterocycles. The molecule has 0 amide bonds. The maximum absolute atomic E-state index is 3.22. The van der Waals surface area contributed by atoms with Crippen molar-refractivity contribution in [3.8, 4) is 0 Å². The maximum atomic E-state index is 3.22. The van der Waals surface area contributed by atoms with E-state index in [0.717, 1.165) is 26.2 Å². The quantitative estimate of drug-likeness (QED) is 0.312. The summed E-state index contributed by atoms with van der Waals surface area (Å²) in [6.07, 6.45) is 0. The molecule has 0 atom stereocenters. The predicted octanol–water partition coefficient (Wildman–Crippen LogP) is -3.82. The minimum absolute atomic E-state index is 0. The number of hydrogen-bond acceptors (Lipinski definition) is 2. The Bertz CT molecular complexity index is 25.2. The molecule has 36 valence electrons. The van der Waals surface area contributed by atoms with Gasteiger partial charge in [-0.1, -0.05) is 0 Å². The standard InChI is InChI=1S/C4H10N2.Na/c1-2-6-4-3-5-1;/h5-6H,1-4H2;/q;+1. The molecule has 0 aromatic heterocycles. The molecule has 0 spiro atoms. The smallest absolute Gasteiger partial charge is 0.314 e. The fraction of sp³-hybridized carbons (Fsp3) is 1.00. The zero-order valence-electron chi connectivity index (χ0n) is 4.83. The molecule has 1 fully saturated rings. The summed E-state index contributed by atoms with van der Waals surface area (Å²) in [5.41, 5.74) is 0. The van der Waals surface area contributed by atoms with Crippen LogP contribution < -0.4 is 40.2 Å². The van der Waals surface area contributed by atoms with Gasteiger partial charge in [0, 0.05) is 26.2 Å². The van der Waals surface area contributed by atoms with Crippen molar-refractivity contribution in [2.24, 2.45) is 0 Å². The van der Waals surface area contributed by atoms with E-state index < -0.39 is 0 Å². The van der Waals surface area contributed by atoms with Gasteiger partial charge >= 0.3 is 29.6 Å². The first kappa shape index (κ1) is 7.92. The molecular weight excluding hydrogens is 99.0 g/mol. The van der Waals surface area contributed by atoms with Crippen molar-refractivity contribution >= 4 is 0 Å². The predicted molar refractivity (Wildman–Crippen MR) is 25.7 cm³/mol. The number of piperazine rings is 1. The third-order valence-electron chi connectivity index (χ3n) is 0.957. The molecule has 1 rings (SSSR count). The molecule has 0 aromatic rings. The van der Waals surface area contributed by atoms with Crippen LogP contribution in [-0.2, 0) is 0 Å². The van der Waals surface area contributed by atoms with Crippen LogP contribution in [0.15, 0.2) is 0 Å². The van der Waals surface area contributed by atoms with E-state index in [4.69, 9.17) is 0 Å². The SMILES string of the molecule is C1CNCCN1.[Na+]. The number of nitrogens with one attached hydrogen (secondary N) is 2. The van der Waals surface area contributed by atoms with E-state index in [9.17, 15) is 0 Å². The van der Waals surface area contributed by atoms with Gasteiger partial charge < -0.3 is 10.6 Å². The van der Waals surface area contributed by atoms with Gasteiger partial charge in [-0.3, -0.25) is 0 Å². The normalized spacial score (nSPS) is 20.6. The van der Waals surface area contributed by atoms with Crippen LogP contribution >= 0.6 is 0 Å². The molecule has 3 heteroatoms. The Kier molecular flexibility index (Phi) is 5.73. The Morgan fingerprint density at radius 1 is 0.714 bits per heavy atom. The van der Waals surface area contributed by atoms with Gasteiger partial charge in [0.1, 0.15) is 0 Å². The fourth-order valence-corrected chi connectivity index (χ4v) is 0.604. The topological polar surface area (TPSA) is 24.1 Å². The summed E-state index contributed by atoms with van der Waals surface area (Å²) in [6, 6.07) is 0. The molecule has 0 aliphatic carbocycles. The first-order valence-corrected chi connectivity index (χ1v) is 2.41. The van der Waals surface area contributed by atoms with Crippen LogP contribution in [-0.4, -0.2) is 26.2 Å². The van der Waals surface area contributed by atoms with E-state index in [1.165, 1.54) is 0 Å². The van der Waals surface area contributed by atoms with Crippen LogP contribution in [0.25, 0.3) is 0 Å². The summed E-state index contributed by atoms with van der Waals surface area (Å²) in [5, 5.41) is 6.44. The van der Waals surface area contributed by atoms with E-state index >= 15 is 0 Å². The van der Waals surface area contributed by atoms with Crippen molar-refractivity contribution in [2.45, 2.75) is 0 Å². The van der Waals surface area contributed by atoms with Gasteiger partial charge in [-0.15, -0.1) is 0 Å². The summed E-state index contributed by atoms with van der Waals surface area (Å²) in [4.78, 5) is 0. The summed E-state index contributed by atoms with van der Waals surface area (Å²) < 4.78 is 0. The first-order valence-electron chi connectivity index (χ1n) is 2.41. The monoisotopic (exact) mass is 109 g/mol. The van der Waals surface area contributed by atoms with Crippen molar-refractivity contribution in [3.63, 3.8) is 0 Å². The van der Waals surface area contributed by atoms with E-state index in [1.54, 1.807) is 0 Å². The second-order valence-corrected chi connectivity index (χ2v) is 1.50. The summed E-state index contributed by atoms with van der Waals surface area (Å²) in [7, 11) is 0. The molecule has 1 saturated heterocycles. The van der Waals surface area contributed by atoms with E-state index in [-0.39, 0.29) is 29.6 Å². The molecule has 1 heterocycles. The van der Waals surface area contributed by atoms with E-state index in [1.807, 2.05) is 0 Å². The van der Waals surface area contributed by atoms with Gasteiger partial charge in [0.25, 0.3) is 0 Å². The molecule has 0 saturated carbocycles. The Labute approximate surface area is 66.3 Å².